The lowest BCUT2D eigenvalue weighted by Gasteiger charge is -2.40. The second kappa shape index (κ2) is 33.8. The van der Waals surface area contributed by atoms with Crippen LogP contribution in [0.1, 0.15) is 132 Å². The van der Waals surface area contributed by atoms with Gasteiger partial charge >= 0.3 is 0 Å². The molecule has 2 aliphatic heterocycles. The number of hydrogen-bond acceptors (Lipinski definition) is 13. The summed E-state index contributed by atoms with van der Waals surface area (Å²) in [5, 5.41) is 41.8. The lowest BCUT2D eigenvalue weighted by molar-refractivity contribution is -0.146. The van der Waals surface area contributed by atoms with E-state index in [2.05, 4.69) is 37.2 Å². The monoisotopic (exact) mass is 1200 g/mol. The number of hydrogen-bond donors (Lipinski definition) is 9. The lowest BCUT2D eigenvalue weighted by Crippen LogP contribution is -2.63. The molecule has 4 rings (SSSR count). The molecular weight excluding hydrogens is 1100 g/mol. The maximum absolute atomic E-state index is 14.9. The highest BCUT2D eigenvalue weighted by Crippen LogP contribution is 2.22. The first-order valence-corrected chi connectivity index (χ1v) is 30.6. The molecule has 9 N–H and O–H groups in total. The predicted molar refractivity (Wildman–Crippen MR) is 326 cm³/mol. The minimum atomic E-state index is -1.76. The molecule has 478 valence electrons. The Morgan fingerprint density at radius 1 is 0.663 bits per heavy atom. The second-order valence-electron chi connectivity index (χ2n) is 24.8. The fourth-order valence-corrected chi connectivity index (χ4v) is 10.7. The van der Waals surface area contributed by atoms with Gasteiger partial charge in [0.15, 0.2) is 0 Å². The van der Waals surface area contributed by atoms with Crippen LogP contribution in [0.25, 0.3) is 0 Å². The molecule has 2 aromatic carbocycles. The van der Waals surface area contributed by atoms with Crippen molar-refractivity contribution in [1.29, 1.82) is 0 Å². The topological polar surface area (TPSA) is 308 Å². The normalized spacial score (nSPS) is 24.4. The molecule has 86 heavy (non-hydrogen) atoms. The number of aliphatic hydroxyl groups excluding tert-OH is 2. The van der Waals surface area contributed by atoms with Crippen molar-refractivity contribution >= 4 is 59.1 Å². The van der Waals surface area contributed by atoms with Gasteiger partial charge in [0.05, 0.1) is 18.6 Å². The van der Waals surface area contributed by atoms with E-state index in [0.29, 0.717) is 30.6 Å². The van der Waals surface area contributed by atoms with Crippen molar-refractivity contribution in [3.05, 3.63) is 71.8 Å². The Morgan fingerprint density at radius 2 is 1.23 bits per heavy atom. The molecule has 2 heterocycles. The third kappa shape index (κ3) is 20.6. The largest absolute Gasteiger partial charge is 0.391 e. The van der Waals surface area contributed by atoms with Crippen molar-refractivity contribution in [3.8, 4) is 0 Å². The van der Waals surface area contributed by atoms with Crippen LogP contribution in [-0.2, 0) is 60.8 Å². The summed E-state index contributed by atoms with van der Waals surface area (Å²) in [5.74, 6) is -9.14. The third-order valence-electron chi connectivity index (χ3n) is 16.5. The summed E-state index contributed by atoms with van der Waals surface area (Å²) < 4.78 is 0. The summed E-state index contributed by atoms with van der Waals surface area (Å²) >= 11 is 0. The summed E-state index contributed by atoms with van der Waals surface area (Å²) in [6, 6.07) is 4.27. The van der Waals surface area contributed by atoms with E-state index in [0.717, 1.165) is 29.1 Å². The number of nitrogens with one attached hydrogen (secondary N) is 7. The molecule has 0 radical (unpaired) electrons. The van der Waals surface area contributed by atoms with Crippen LogP contribution in [-0.4, -0.2) is 196 Å². The number of rotatable bonds is 20. The van der Waals surface area contributed by atoms with Crippen LogP contribution in [0.5, 0.6) is 0 Å². The molecule has 2 fully saturated rings. The number of nitrogens with zero attached hydrogens (tertiary/aromatic N) is 4. The zero-order chi connectivity index (χ0) is 64.3. The van der Waals surface area contributed by atoms with Gasteiger partial charge in [-0.1, -0.05) is 129 Å². The van der Waals surface area contributed by atoms with Crippen LogP contribution in [0.2, 0.25) is 0 Å². The molecule has 10 amide bonds. The van der Waals surface area contributed by atoms with Gasteiger partial charge < -0.3 is 62.1 Å². The number of likely N-dealkylation sites (N-methyl/N-ethyl adjacent to an activating group) is 3. The summed E-state index contributed by atoms with van der Waals surface area (Å²) in [5.41, 5.74) is 1.25. The van der Waals surface area contributed by atoms with E-state index < -0.39 is 144 Å². The maximum atomic E-state index is 14.9. The van der Waals surface area contributed by atoms with Gasteiger partial charge in [0.1, 0.15) is 60.6 Å². The molecule has 2 unspecified atom stereocenters. The van der Waals surface area contributed by atoms with E-state index in [1.54, 1.807) is 88.4 Å². The summed E-state index contributed by atoms with van der Waals surface area (Å²) in [4.78, 5) is 151. The highest BCUT2D eigenvalue weighted by molar-refractivity contribution is 6.00. The van der Waals surface area contributed by atoms with Gasteiger partial charge in [-0.05, 0) is 81.3 Å². The summed E-state index contributed by atoms with van der Waals surface area (Å²) in [7, 11) is 4.12. The van der Waals surface area contributed by atoms with Crippen molar-refractivity contribution < 1.29 is 58.2 Å². The molecule has 23 nitrogen and oxygen atoms in total. The average Bonchev–Trinajstić information content (AvgIpc) is 1.92. The van der Waals surface area contributed by atoms with E-state index in [9.17, 15) is 58.2 Å². The van der Waals surface area contributed by atoms with Gasteiger partial charge in [-0.25, -0.2) is 0 Å². The predicted octanol–water partition coefficient (Wildman–Crippen LogP) is 1.77. The van der Waals surface area contributed by atoms with Crippen LogP contribution in [0.4, 0.5) is 0 Å². The molecule has 13 atom stereocenters. The molecule has 2 aliphatic rings. The first kappa shape index (κ1) is 71.5. The molecule has 0 saturated carbocycles. The Balaban J connectivity index is 1.79. The van der Waals surface area contributed by atoms with Gasteiger partial charge in [0, 0.05) is 47.1 Å². The fraction of sp³-hybridized carbons (Fsp3) is 0.651. The smallest absolute Gasteiger partial charge is 0.248 e. The van der Waals surface area contributed by atoms with Gasteiger partial charge in [0.25, 0.3) is 0 Å². The highest BCUT2D eigenvalue weighted by atomic mass is 16.3. The van der Waals surface area contributed by atoms with Crippen molar-refractivity contribution in [2.75, 3.05) is 34.2 Å². The number of aliphatic hydroxyl groups is 2. The molecule has 0 bridgehead atoms. The standard InChI is InChI=1S/C63H99N11O12/c1-15-39(8)52(63(86)74-29-23-18-24-30-74)69-59(82)48(32-37(4)5)72(13)61(84)51(38(6)7)68-57(80)46-35-50(76)64-40(9)54(77)65-45(31-36(2)3)56(79)70-53(42(11)75)62(85)73(14)49(34-44-27-21-17-22-28-44)58(81)67-47(33-43-25-19-16-20-26-43)60(83)71(12)41(10)55(78)66-46/h16-17,19-22,25-28,36-42,45-49,51-53,63,75,86H,15,18,23-24,29-35H2,1-14H3,(H,64,76)(H,65,77)(H,66,78)(H,67,81)(H,68,80)(H,69,82)(H,70,79)/t39-,40-,41-,42+,45-,46-,47-,48-,49-,51-,52?,53-,63?/m0/s1. The van der Waals surface area contributed by atoms with E-state index >= 15 is 0 Å². The van der Waals surface area contributed by atoms with Crippen LogP contribution < -0.4 is 37.2 Å². The van der Waals surface area contributed by atoms with Crippen molar-refractivity contribution in [3.63, 3.8) is 0 Å². The van der Waals surface area contributed by atoms with Crippen LogP contribution >= 0.6 is 0 Å². The Kier molecular flexibility index (Phi) is 28.1. The number of carbonyl (C=O) groups is 10. The number of likely N-dealkylation sites (tertiary alicyclic amines) is 1. The van der Waals surface area contributed by atoms with Gasteiger partial charge in [-0.3, -0.25) is 52.8 Å². The average molecular weight is 1200 g/mol. The zero-order valence-corrected chi connectivity index (χ0v) is 53.1. The summed E-state index contributed by atoms with van der Waals surface area (Å²) in [6.45, 7) is 20.0. The van der Waals surface area contributed by atoms with E-state index in [1.165, 1.54) is 46.8 Å². The Bertz CT molecular complexity index is 2600. The van der Waals surface area contributed by atoms with Gasteiger partial charge in [-0.2, -0.15) is 0 Å². The molecule has 2 saturated heterocycles. The van der Waals surface area contributed by atoms with Crippen molar-refractivity contribution in [2.45, 2.75) is 207 Å². The lowest BCUT2D eigenvalue weighted by atomic mass is 9.94. The van der Waals surface area contributed by atoms with Crippen LogP contribution in [0.3, 0.4) is 0 Å². The van der Waals surface area contributed by atoms with Gasteiger partial charge in [0.2, 0.25) is 59.1 Å². The van der Waals surface area contributed by atoms with E-state index in [-0.39, 0.29) is 43.4 Å². The van der Waals surface area contributed by atoms with Crippen molar-refractivity contribution in [2.24, 2.45) is 23.7 Å². The summed E-state index contributed by atoms with van der Waals surface area (Å²) in [6.07, 6.45) is 0.341. The molecule has 23 heteroatoms. The first-order chi connectivity index (χ1) is 40.5. The number of benzene rings is 2. The molecule has 2 aromatic rings. The Hall–Kier alpha value is -6.98. The van der Waals surface area contributed by atoms with Crippen LogP contribution in [0.15, 0.2) is 60.7 Å². The molecule has 0 aliphatic carbocycles. The number of carbonyl (C=O) groups excluding carboxylic acids is 10. The van der Waals surface area contributed by atoms with E-state index in [4.69, 9.17) is 0 Å². The number of amides is 10. The SMILES string of the molecule is CC[C@H](C)C(NC(=O)[C@H](CC(C)C)N(C)C(=O)[C@@H](NC(=O)[C@@H]1CC(=O)N[C@@H](C)C(=O)N[C@@H](CC(C)C)C(=O)N[C@@H]([C@@H](C)O)C(=O)N(C)[C@@H](Cc2ccccc2)C(=O)N[C@@H](Cc2ccccc2)C(=O)N(C)[C@@H](C)C(=O)N1)C(C)C)C(O)N1CCCCC1. The third-order valence-corrected chi connectivity index (χ3v) is 16.5. The minimum absolute atomic E-state index is 0.0415. The quantitative estimate of drug-likeness (QED) is 0.0915. The second-order valence-corrected chi connectivity index (χ2v) is 24.8. The molecular formula is C63H99N11O12. The first-order valence-electron chi connectivity index (χ1n) is 30.6. The minimum Gasteiger partial charge on any atom is -0.391 e. The maximum Gasteiger partial charge on any atom is 0.248 e. The van der Waals surface area contributed by atoms with Gasteiger partial charge in [-0.15, -0.1) is 0 Å². The Labute approximate surface area is 508 Å². The highest BCUT2D eigenvalue weighted by Gasteiger charge is 2.42. The molecule has 0 aromatic heterocycles. The van der Waals surface area contributed by atoms with E-state index in [1.807, 2.05) is 32.6 Å². The van der Waals surface area contributed by atoms with Crippen molar-refractivity contribution in [1.82, 2.24) is 56.8 Å². The number of piperidine rings is 1. The Morgan fingerprint density at radius 3 is 1.77 bits per heavy atom. The molecule has 0 spiro atoms. The fourth-order valence-electron chi connectivity index (χ4n) is 10.7. The van der Waals surface area contributed by atoms with Crippen LogP contribution in [0, 0.1) is 23.7 Å². The zero-order valence-electron chi connectivity index (χ0n) is 53.1.